The minimum Gasteiger partial charge on any atom is -0.462 e. The van der Waals surface area contributed by atoms with Crippen LogP contribution in [0.15, 0.2) is 47.2 Å². The monoisotopic (exact) mass is 417 g/mol. The molecular formula is C17H16BrN5O3. The number of ether oxygens (including phenoxy) is 1. The summed E-state index contributed by atoms with van der Waals surface area (Å²) in [5, 5.41) is 11.1. The number of carbonyl (C=O) groups is 2. The maximum Gasteiger partial charge on any atom is 0.343 e. The van der Waals surface area contributed by atoms with Gasteiger partial charge in [-0.05, 0) is 35.0 Å². The van der Waals surface area contributed by atoms with Crippen molar-refractivity contribution in [3.63, 3.8) is 0 Å². The number of esters is 1. The molecule has 0 bridgehead atoms. The van der Waals surface area contributed by atoms with Crippen molar-refractivity contribution in [2.75, 3.05) is 11.9 Å². The largest absolute Gasteiger partial charge is 0.462 e. The van der Waals surface area contributed by atoms with Gasteiger partial charge in [0.15, 0.2) is 11.5 Å². The van der Waals surface area contributed by atoms with Gasteiger partial charge in [0.1, 0.15) is 5.56 Å². The summed E-state index contributed by atoms with van der Waals surface area (Å²) in [4.78, 5) is 24.9. The Hall–Kier alpha value is -2.94. The van der Waals surface area contributed by atoms with Gasteiger partial charge in [-0.2, -0.15) is 10.2 Å². The van der Waals surface area contributed by atoms with E-state index >= 15 is 0 Å². The summed E-state index contributed by atoms with van der Waals surface area (Å²) in [5.74, 6) is -0.817. The molecule has 0 unspecified atom stereocenters. The van der Waals surface area contributed by atoms with Crippen molar-refractivity contribution < 1.29 is 14.3 Å². The molecule has 3 rings (SSSR count). The Labute approximate surface area is 157 Å². The first-order valence-corrected chi connectivity index (χ1v) is 8.61. The second-order valence-corrected chi connectivity index (χ2v) is 6.18. The fourth-order valence-electron chi connectivity index (χ4n) is 2.37. The summed E-state index contributed by atoms with van der Waals surface area (Å²) in [5.41, 5.74) is 1.05. The molecular weight excluding hydrogens is 402 g/mol. The third kappa shape index (κ3) is 3.52. The summed E-state index contributed by atoms with van der Waals surface area (Å²) in [6, 6.07) is 9.16. The molecule has 3 aromatic rings. The number of nitrogens with zero attached hydrogens (tertiary/aromatic N) is 4. The molecule has 1 aromatic carbocycles. The van der Waals surface area contributed by atoms with Crippen LogP contribution in [0.5, 0.6) is 0 Å². The Morgan fingerprint density at radius 2 is 2.00 bits per heavy atom. The first-order chi connectivity index (χ1) is 12.5. The Balaban J connectivity index is 2.02. The lowest BCUT2D eigenvalue weighted by molar-refractivity contribution is 0.0527. The number of nitrogens with one attached hydrogen (secondary N) is 1. The van der Waals surface area contributed by atoms with Crippen LogP contribution < -0.4 is 5.32 Å². The predicted molar refractivity (Wildman–Crippen MR) is 98.4 cm³/mol. The maximum absolute atomic E-state index is 12.7. The van der Waals surface area contributed by atoms with Crippen LogP contribution in [0.25, 0.3) is 5.69 Å². The normalized spacial score (nSPS) is 10.6. The summed E-state index contributed by atoms with van der Waals surface area (Å²) in [6.07, 6.45) is 3.03. The zero-order valence-electron chi connectivity index (χ0n) is 14.1. The van der Waals surface area contributed by atoms with Crippen molar-refractivity contribution >= 4 is 33.6 Å². The first kappa shape index (κ1) is 17.9. The average Bonchev–Trinajstić information content (AvgIpc) is 3.18. The highest BCUT2D eigenvalue weighted by molar-refractivity contribution is 9.10. The van der Waals surface area contributed by atoms with Crippen molar-refractivity contribution in [1.29, 1.82) is 0 Å². The lowest BCUT2D eigenvalue weighted by Gasteiger charge is -2.10. The molecule has 0 radical (unpaired) electrons. The van der Waals surface area contributed by atoms with E-state index in [0.29, 0.717) is 10.2 Å². The number of hydrogen-bond acceptors (Lipinski definition) is 5. The van der Waals surface area contributed by atoms with E-state index in [1.165, 1.54) is 15.6 Å². The van der Waals surface area contributed by atoms with Crippen LogP contribution in [0, 0.1) is 0 Å². The van der Waals surface area contributed by atoms with Crippen LogP contribution in [0.1, 0.15) is 27.8 Å². The van der Waals surface area contributed by atoms with E-state index in [0.717, 1.165) is 0 Å². The van der Waals surface area contributed by atoms with Gasteiger partial charge < -0.3 is 10.1 Å². The summed E-state index contributed by atoms with van der Waals surface area (Å²) in [7, 11) is 1.71. The highest BCUT2D eigenvalue weighted by Gasteiger charge is 2.23. The zero-order valence-corrected chi connectivity index (χ0v) is 15.7. The van der Waals surface area contributed by atoms with Gasteiger partial charge in [0.25, 0.3) is 5.91 Å². The Morgan fingerprint density at radius 1 is 1.27 bits per heavy atom. The van der Waals surface area contributed by atoms with Crippen molar-refractivity contribution in [3.05, 3.63) is 58.5 Å². The van der Waals surface area contributed by atoms with Crippen molar-refractivity contribution in [2.45, 2.75) is 6.92 Å². The minimum absolute atomic E-state index is 0.163. The topological polar surface area (TPSA) is 91.0 Å². The fourth-order valence-corrected chi connectivity index (χ4v) is 2.93. The second kappa shape index (κ2) is 7.52. The molecule has 1 amide bonds. The third-order valence-electron chi connectivity index (χ3n) is 3.50. The number of amides is 1. The van der Waals surface area contributed by atoms with Gasteiger partial charge in [-0.15, -0.1) is 0 Å². The molecule has 1 N–H and O–H groups in total. The molecule has 0 fully saturated rings. The molecule has 2 heterocycles. The van der Waals surface area contributed by atoms with Gasteiger partial charge in [0.2, 0.25) is 0 Å². The lowest BCUT2D eigenvalue weighted by atomic mass is 10.3. The summed E-state index contributed by atoms with van der Waals surface area (Å²) >= 11 is 3.30. The van der Waals surface area contributed by atoms with Crippen molar-refractivity contribution in [1.82, 2.24) is 19.6 Å². The van der Waals surface area contributed by atoms with Gasteiger partial charge in [0.05, 0.1) is 23.0 Å². The standard InChI is InChI=1S/C17H16BrN5O3/c1-3-26-17(25)12-9-19-23(11-7-5-4-6-8-11)15(12)20-16(24)14-13(18)10-22(2)21-14/h4-10H,3H2,1-2H3,(H,20,24). The van der Waals surface area contributed by atoms with Crippen LogP contribution in [0.3, 0.4) is 0 Å². The van der Waals surface area contributed by atoms with Gasteiger partial charge in [-0.25, -0.2) is 9.48 Å². The lowest BCUT2D eigenvalue weighted by Crippen LogP contribution is -2.19. The highest BCUT2D eigenvalue weighted by Crippen LogP contribution is 2.23. The number of para-hydroxylation sites is 1. The quantitative estimate of drug-likeness (QED) is 0.644. The molecule has 0 aliphatic rings. The number of aryl methyl sites for hydroxylation is 1. The van der Waals surface area contributed by atoms with Crippen molar-refractivity contribution in [2.24, 2.45) is 7.05 Å². The Kier molecular flexibility index (Phi) is 5.17. The van der Waals surface area contributed by atoms with Crippen LogP contribution >= 0.6 is 15.9 Å². The Bertz CT molecular complexity index is 949. The number of carbonyl (C=O) groups excluding carboxylic acids is 2. The number of aromatic nitrogens is 4. The average molecular weight is 418 g/mol. The summed E-state index contributed by atoms with van der Waals surface area (Å²) < 4.78 is 8.59. The van der Waals surface area contributed by atoms with Gasteiger partial charge >= 0.3 is 5.97 Å². The molecule has 0 atom stereocenters. The predicted octanol–water partition coefficient (Wildman–Crippen LogP) is 2.80. The molecule has 134 valence electrons. The van der Waals surface area contributed by atoms with Crippen LogP contribution in [0.4, 0.5) is 5.82 Å². The van der Waals surface area contributed by atoms with E-state index in [-0.39, 0.29) is 23.7 Å². The second-order valence-electron chi connectivity index (χ2n) is 5.33. The number of halogens is 1. The number of rotatable bonds is 5. The van der Waals surface area contributed by atoms with E-state index in [9.17, 15) is 9.59 Å². The summed E-state index contributed by atoms with van der Waals surface area (Å²) in [6.45, 7) is 1.93. The van der Waals surface area contributed by atoms with E-state index in [2.05, 4.69) is 31.4 Å². The van der Waals surface area contributed by atoms with Gasteiger partial charge in [0, 0.05) is 13.2 Å². The van der Waals surface area contributed by atoms with E-state index in [4.69, 9.17) is 4.74 Å². The zero-order chi connectivity index (χ0) is 18.7. The molecule has 2 aromatic heterocycles. The number of hydrogen-bond donors (Lipinski definition) is 1. The third-order valence-corrected chi connectivity index (χ3v) is 4.08. The van der Waals surface area contributed by atoms with E-state index in [1.807, 2.05) is 30.3 Å². The molecule has 0 saturated heterocycles. The van der Waals surface area contributed by atoms with Gasteiger partial charge in [-0.3, -0.25) is 9.48 Å². The first-order valence-electron chi connectivity index (χ1n) is 7.82. The SMILES string of the molecule is CCOC(=O)c1cnn(-c2ccccc2)c1NC(=O)c1nn(C)cc1Br. The number of anilines is 1. The molecule has 0 saturated carbocycles. The molecule has 8 nitrogen and oxygen atoms in total. The van der Waals surface area contributed by atoms with Crippen molar-refractivity contribution in [3.8, 4) is 5.69 Å². The Morgan fingerprint density at radius 3 is 2.62 bits per heavy atom. The van der Waals surface area contributed by atoms with Crippen LogP contribution in [-0.2, 0) is 11.8 Å². The molecule has 26 heavy (non-hydrogen) atoms. The maximum atomic E-state index is 12.7. The van der Waals surface area contributed by atoms with Crippen LogP contribution in [-0.4, -0.2) is 38.0 Å². The minimum atomic E-state index is -0.565. The van der Waals surface area contributed by atoms with Gasteiger partial charge in [-0.1, -0.05) is 18.2 Å². The highest BCUT2D eigenvalue weighted by atomic mass is 79.9. The molecule has 0 aliphatic carbocycles. The molecule has 9 heteroatoms. The number of benzene rings is 1. The fraction of sp³-hybridized carbons (Fsp3) is 0.176. The smallest absolute Gasteiger partial charge is 0.343 e. The molecule has 0 aliphatic heterocycles. The van der Waals surface area contributed by atoms with Crippen LogP contribution in [0.2, 0.25) is 0 Å². The molecule has 0 spiro atoms. The van der Waals surface area contributed by atoms with E-state index in [1.54, 1.807) is 20.2 Å². The van der Waals surface area contributed by atoms with E-state index < -0.39 is 11.9 Å².